The minimum absolute atomic E-state index is 0.890. The molecule has 2 heterocycles. The summed E-state index contributed by atoms with van der Waals surface area (Å²) in [5.41, 5.74) is 6.84. The van der Waals surface area contributed by atoms with Crippen molar-refractivity contribution in [2.45, 2.75) is 26.2 Å². The van der Waals surface area contributed by atoms with Crippen LogP contribution in [0, 0.1) is 11.6 Å². The van der Waals surface area contributed by atoms with Crippen molar-refractivity contribution in [3.8, 4) is 11.3 Å². The molecular formula is C16H15N3S. The highest BCUT2D eigenvalue weighted by Gasteiger charge is 2.17. The summed E-state index contributed by atoms with van der Waals surface area (Å²) in [6.45, 7) is 2.10. The SMILES string of the molecule is Cc1cccc(-c2cc3nc4c(c(=S)n3[nH]2)CCC4)c1. The van der Waals surface area contributed by atoms with Crippen molar-refractivity contribution in [1.82, 2.24) is 14.6 Å². The Balaban J connectivity index is 1.96. The first kappa shape index (κ1) is 11.9. The van der Waals surface area contributed by atoms with Gasteiger partial charge in [-0.3, -0.25) is 5.10 Å². The summed E-state index contributed by atoms with van der Waals surface area (Å²) in [6.07, 6.45) is 3.28. The summed E-state index contributed by atoms with van der Waals surface area (Å²) >= 11 is 5.60. The molecule has 1 aliphatic rings. The second-order valence-electron chi connectivity index (χ2n) is 5.43. The van der Waals surface area contributed by atoms with E-state index in [-0.39, 0.29) is 0 Å². The molecule has 1 aromatic carbocycles. The van der Waals surface area contributed by atoms with Gasteiger partial charge in [-0.05, 0) is 37.8 Å². The predicted octanol–water partition coefficient (Wildman–Crippen LogP) is 3.86. The molecule has 2 aromatic heterocycles. The van der Waals surface area contributed by atoms with Gasteiger partial charge in [0, 0.05) is 17.3 Å². The Morgan fingerprint density at radius 3 is 3.00 bits per heavy atom. The van der Waals surface area contributed by atoms with Crippen LogP contribution in [0.1, 0.15) is 23.2 Å². The molecule has 0 saturated carbocycles. The Morgan fingerprint density at radius 2 is 2.15 bits per heavy atom. The Kier molecular flexibility index (Phi) is 2.54. The Morgan fingerprint density at radius 1 is 1.25 bits per heavy atom. The van der Waals surface area contributed by atoms with Gasteiger partial charge >= 0.3 is 0 Å². The Labute approximate surface area is 122 Å². The van der Waals surface area contributed by atoms with Gasteiger partial charge in [0.05, 0.1) is 5.69 Å². The molecule has 3 aromatic rings. The molecule has 4 rings (SSSR count). The number of fused-ring (bicyclic) bond motifs is 2. The lowest BCUT2D eigenvalue weighted by Gasteiger charge is -2.01. The van der Waals surface area contributed by atoms with E-state index in [9.17, 15) is 0 Å². The summed E-state index contributed by atoms with van der Waals surface area (Å²) in [4.78, 5) is 4.75. The van der Waals surface area contributed by atoms with E-state index >= 15 is 0 Å². The molecule has 0 spiro atoms. The highest BCUT2D eigenvalue weighted by atomic mass is 32.1. The summed E-state index contributed by atoms with van der Waals surface area (Å²) in [6, 6.07) is 10.5. The summed E-state index contributed by atoms with van der Waals surface area (Å²) in [7, 11) is 0. The first-order valence-electron chi connectivity index (χ1n) is 6.93. The zero-order valence-electron chi connectivity index (χ0n) is 11.3. The molecule has 1 aliphatic carbocycles. The average Bonchev–Trinajstić information content (AvgIpc) is 3.05. The average molecular weight is 281 g/mol. The van der Waals surface area contributed by atoms with Gasteiger partial charge in [-0.15, -0.1) is 0 Å². The van der Waals surface area contributed by atoms with E-state index in [4.69, 9.17) is 17.2 Å². The fourth-order valence-electron chi connectivity index (χ4n) is 2.96. The van der Waals surface area contributed by atoms with Gasteiger partial charge in [-0.25, -0.2) is 9.50 Å². The minimum atomic E-state index is 0.890. The fraction of sp³-hybridized carbons (Fsp3) is 0.250. The third-order valence-corrected chi connectivity index (χ3v) is 4.39. The summed E-state index contributed by atoms with van der Waals surface area (Å²) in [5.74, 6) is 0. The topological polar surface area (TPSA) is 33.1 Å². The zero-order valence-corrected chi connectivity index (χ0v) is 12.1. The summed E-state index contributed by atoms with van der Waals surface area (Å²) < 4.78 is 2.83. The van der Waals surface area contributed by atoms with Gasteiger partial charge in [-0.2, -0.15) is 0 Å². The smallest absolute Gasteiger partial charge is 0.155 e. The highest BCUT2D eigenvalue weighted by molar-refractivity contribution is 7.71. The van der Waals surface area contributed by atoms with Crippen LogP contribution in [0.4, 0.5) is 0 Å². The Hall–Kier alpha value is -1.94. The van der Waals surface area contributed by atoms with E-state index in [0.717, 1.165) is 28.8 Å². The normalized spacial score (nSPS) is 13.8. The first-order chi connectivity index (χ1) is 9.72. The molecular weight excluding hydrogens is 266 g/mol. The standard InChI is InChI=1S/C16H15N3S/c1-10-4-2-5-11(8-10)14-9-15-17-13-7-3-6-12(13)16(20)19(15)18-14/h2,4-5,8-9,18H,3,6-7H2,1H3. The lowest BCUT2D eigenvalue weighted by atomic mass is 10.1. The van der Waals surface area contributed by atoms with Crippen molar-refractivity contribution in [3.63, 3.8) is 0 Å². The molecule has 0 saturated heterocycles. The second kappa shape index (κ2) is 4.28. The van der Waals surface area contributed by atoms with Crippen LogP contribution in [0.2, 0.25) is 0 Å². The van der Waals surface area contributed by atoms with Crippen molar-refractivity contribution in [2.75, 3.05) is 0 Å². The zero-order chi connectivity index (χ0) is 13.7. The molecule has 0 amide bonds. The van der Waals surface area contributed by atoms with Gasteiger partial charge in [0.2, 0.25) is 0 Å². The number of aryl methyl sites for hydroxylation is 2. The lowest BCUT2D eigenvalue weighted by Crippen LogP contribution is -1.99. The van der Waals surface area contributed by atoms with Crippen molar-refractivity contribution in [3.05, 3.63) is 51.8 Å². The second-order valence-corrected chi connectivity index (χ2v) is 5.82. The maximum atomic E-state index is 5.60. The molecule has 0 fully saturated rings. The molecule has 4 heteroatoms. The molecule has 3 nitrogen and oxygen atoms in total. The van der Waals surface area contributed by atoms with E-state index < -0.39 is 0 Å². The summed E-state index contributed by atoms with van der Waals surface area (Å²) in [5, 5.41) is 3.39. The fourth-order valence-corrected chi connectivity index (χ4v) is 3.32. The monoisotopic (exact) mass is 281 g/mol. The number of hydrogen-bond donors (Lipinski definition) is 1. The molecule has 100 valence electrons. The van der Waals surface area contributed by atoms with E-state index in [2.05, 4.69) is 42.4 Å². The molecule has 0 atom stereocenters. The number of aromatic amines is 1. The van der Waals surface area contributed by atoms with Crippen LogP contribution in [0.25, 0.3) is 16.9 Å². The van der Waals surface area contributed by atoms with Crippen LogP contribution in [-0.2, 0) is 12.8 Å². The van der Waals surface area contributed by atoms with Crippen molar-refractivity contribution in [2.24, 2.45) is 0 Å². The van der Waals surface area contributed by atoms with Gasteiger partial charge in [-0.1, -0.05) is 36.0 Å². The van der Waals surface area contributed by atoms with Gasteiger partial charge in [0.25, 0.3) is 0 Å². The number of rotatable bonds is 1. The third-order valence-electron chi connectivity index (χ3n) is 3.96. The van der Waals surface area contributed by atoms with Crippen molar-refractivity contribution < 1.29 is 0 Å². The lowest BCUT2D eigenvalue weighted by molar-refractivity contribution is 0.896. The molecule has 20 heavy (non-hydrogen) atoms. The molecule has 0 unspecified atom stereocenters. The number of H-pyrrole nitrogens is 1. The first-order valence-corrected chi connectivity index (χ1v) is 7.34. The number of hydrogen-bond acceptors (Lipinski definition) is 2. The van der Waals surface area contributed by atoms with Crippen LogP contribution in [0.15, 0.2) is 30.3 Å². The highest BCUT2D eigenvalue weighted by Crippen LogP contribution is 2.25. The van der Waals surface area contributed by atoms with Crippen LogP contribution in [0.5, 0.6) is 0 Å². The minimum Gasteiger partial charge on any atom is -0.291 e. The molecule has 0 aliphatic heterocycles. The number of aromatic nitrogens is 3. The Bertz CT molecular complexity index is 873. The molecule has 0 bridgehead atoms. The van der Waals surface area contributed by atoms with Crippen LogP contribution < -0.4 is 0 Å². The van der Waals surface area contributed by atoms with Gasteiger partial charge in [0.15, 0.2) is 5.65 Å². The maximum Gasteiger partial charge on any atom is 0.155 e. The van der Waals surface area contributed by atoms with Crippen LogP contribution in [0.3, 0.4) is 0 Å². The number of nitrogens with one attached hydrogen (secondary N) is 1. The largest absolute Gasteiger partial charge is 0.291 e. The molecule has 0 radical (unpaired) electrons. The van der Waals surface area contributed by atoms with Crippen LogP contribution >= 0.6 is 12.2 Å². The maximum absolute atomic E-state index is 5.60. The van der Waals surface area contributed by atoms with E-state index in [1.54, 1.807) is 0 Å². The quantitative estimate of drug-likeness (QED) is 0.687. The number of nitrogens with zero attached hydrogens (tertiary/aromatic N) is 2. The molecule has 1 N–H and O–H groups in total. The van der Waals surface area contributed by atoms with Crippen molar-refractivity contribution in [1.29, 1.82) is 0 Å². The van der Waals surface area contributed by atoms with Crippen molar-refractivity contribution >= 4 is 17.9 Å². The number of benzene rings is 1. The van der Waals surface area contributed by atoms with E-state index in [0.29, 0.717) is 0 Å². The third kappa shape index (κ3) is 1.72. The van der Waals surface area contributed by atoms with E-state index in [1.807, 2.05) is 4.52 Å². The van der Waals surface area contributed by atoms with Crippen LogP contribution in [-0.4, -0.2) is 14.6 Å². The van der Waals surface area contributed by atoms with Gasteiger partial charge in [0.1, 0.15) is 4.64 Å². The van der Waals surface area contributed by atoms with E-state index in [1.165, 1.54) is 28.8 Å². The van der Waals surface area contributed by atoms with Gasteiger partial charge < -0.3 is 0 Å². The predicted molar refractivity (Wildman–Crippen MR) is 82.6 cm³/mol.